The largest absolute Gasteiger partial charge is 0.354 e. The lowest BCUT2D eigenvalue weighted by molar-refractivity contribution is 0.163. The average molecular weight is 376 g/mol. The second-order valence-corrected chi connectivity index (χ2v) is 6.25. The van der Waals surface area contributed by atoms with Gasteiger partial charge in [-0.05, 0) is 41.5 Å². The Morgan fingerprint density at radius 1 is 1.12 bits per heavy atom. The van der Waals surface area contributed by atoms with E-state index in [9.17, 15) is 9.59 Å². The SMILES string of the molecule is CS/C=C(\c1ccc(Cl)cc1)n1c(=O)n(C(=O)NO)c2ccccc21. The van der Waals surface area contributed by atoms with Gasteiger partial charge in [-0.1, -0.05) is 35.9 Å². The minimum Gasteiger partial charge on any atom is -0.287 e. The molecule has 0 aliphatic carbocycles. The maximum Gasteiger partial charge on any atom is 0.354 e. The number of aromatic nitrogens is 2. The summed E-state index contributed by atoms with van der Waals surface area (Å²) in [4.78, 5) is 24.9. The van der Waals surface area contributed by atoms with E-state index >= 15 is 0 Å². The molecule has 128 valence electrons. The summed E-state index contributed by atoms with van der Waals surface area (Å²) in [6.07, 6.45) is 1.88. The highest BCUT2D eigenvalue weighted by molar-refractivity contribution is 8.01. The Morgan fingerprint density at radius 3 is 2.28 bits per heavy atom. The quantitative estimate of drug-likeness (QED) is 0.541. The number of carbonyl (C=O) groups excluding carboxylic acids is 1. The van der Waals surface area contributed by atoms with Crippen LogP contribution < -0.4 is 11.2 Å². The Morgan fingerprint density at radius 2 is 1.72 bits per heavy atom. The molecule has 0 atom stereocenters. The van der Waals surface area contributed by atoms with Crippen molar-refractivity contribution in [3.05, 3.63) is 75.0 Å². The molecular weight excluding hydrogens is 362 g/mol. The fourth-order valence-corrected chi connectivity index (χ4v) is 3.20. The van der Waals surface area contributed by atoms with Crippen molar-refractivity contribution in [3.8, 4) is 0 Å². The molecular formula is C17H14ClN3O3S. The molecule has 0 aliphatic rings. The molecule has 0 spiro atoms. The Hall–Kier alpha value is -2.48. The number of benzene rings is 2. The molecule has 2 N–H and O–H groups in total. The lowest BCUT2D eigenvalue weighted by Gasteiger charge is -2.09. The zero-order valence-corrected chi connectivity index (χ0v) is 14.7. The van der Waals surface area contributed by atoms with Crippen LogP contribution >= 0.6 is 23.4 Å². The minimum absolute atomic E-state index is 0.389. The van der Waals surface area contributed by atoms with Crippen molar-refractivity contribution in [1.29, 1.82) is 0 Å². The zero-order chi connectivity index (χ0) is 18.0. The predicted molar refractivity (Wildman–Crippen MR) is 100 cm³/mol. The van der Waals surface area contributed by atoms with E-state index in [1.54, 1.807) is 48.5 Å². The zero-order valence-electron chi connectivity index (χ0n) is 13.1. The third-order valence-electron chi connectivity index (χ3n) is 3.66. The molecule has 25 heavy (non-hydrogen) atoms. The van der Waals surface area contributed by atoms with E-state index in [1.807, 2.05) is 11.7 Å². The van der Waals surface area contributed by atoms with Gasteiger partial charge in [0.25, 0.3) is 0 Å². The van der Waals surface area contributed by atoms with Crippen molar-refractivity contribution < 1.29 is 10.0 Å². The number of nitrogens with one attached hydrogen (secondary N) is 1. The summed E-state index contributed by atoms with van der Waals surface area (Å²) in [6, 6.07) is 13.0. The summed E-state index contributed by atoms with van der Waals surface area (Å²) >= 11 is 7.38. The van der Waals surface area contributed by atoms with Crippen LogP contribution in [0.15, 0.2) is 58.7 Å². The van der Waals surface area contributed by atoms with Gasteiger partial charge in [-0.3, -0.25) is 9.77 Å². The molecule has 0 saturated heterocycles. The smallest absolute Gasteiger partial charge is 0.287 e. The van der Waals surface area contributed by atoms with E-state index in [4.69, 9.17) is 16.8 Å². The highest BCUT2D eigenvalue weighted by atomic mass is 35.5. The van der Waals surface area contributed by atoms with Gasteiger partial charge in [0.1, 0.15) is 0 Å². The number of hydrogen-bond donors (Lipinski definition) is 2. The highest BCUT2D eigenvalue weighted by Gasteiger charge is 2.20. The van der Waals surface area contributed by atoms with Crippen molar-refractivity contribution in [2.75, 3.05) is 6.26 Å². The first-order chi connectivity index (χ1) is 12.1. The van der Waals surface area contributed by atoms with E-state index in [0.717, 1.165) is 10.1 Å². The Labute approximate surface area is 152 Å². The molecule has 1 aromatic heterocycles. The third kappa shape index (κ3) is 3.09. The minimum atomic E-state index is -0.917. The summed E-state index contributed by atoms with van der Waals surface area (Å²) in [7, 11) is 0. The van der Waals surface area contributed by atoms with Crippen LogP contribution in [0.25, 0.3) is 16.7 Å². The summed E-state index contributed by atoms with van der Waals surface area (Å²) in [6.45, 7) is 0. The Bertz CT molecular complexity index is 1020. The summed E-state index contributed by atoms with van der Waals surface area (Å²) < 4.78 is 2.32. The van der Waals surface area contributed by atoms with E-state index in [-0.39, 0.29) is 0 Å². The molecule has 1 heterocycles. The van der Waals surface area contributed by atoms with E-state index in [0.29, 0.717) is 21.8 Å². The van der Waals surface area contributed by atoms with Crippen molar-refractivity contribution in [1.82, 2.24) is 14.6 Å². The molecule has 3 rings (SSSR count). The second kappa shape index (κ2) is 7.18. The molecule has 0 bridgehead atoms. The standard InChI is InChI=1S/C17H14ClN3O3S/c1-25-10-15(11-6-8-12(18)9-7-11)20-13-4-2-3-5-14(13)21(17(20)23)16(22)19-24/h2-10,24H,1H3,(H,19,22)/b15-10+. The number of imidazole rings is 1. The van der Waals surface area contributed by atoms with Crippen molar-refractivity contribution in [2.45, 2.75) is 0 Å². The second-order valence-electron chi connectivity index (χ2n) is 5.10. The number of halogens is 1. The van der Waals surface area contributed by atoms with Gasteiger partial charge in [-0.15, -0.1) is 11.8 Å². The molecule has 0 fully saturated rings. The average Bonchev–Trinajstić information content (AvgIpc) is 2.92. The normalized spacial score (nSPS) is 11.7. The first-order valence-corrected chi connectivity index (χ1v) is 8.91. The number of fused-ring (bicyclic) bond motifs is 1. The molecule has 0 aliphatic heterocycles. The van der Waals surface area contributed by atoms with Gasteiger partial charge in [0, 0.05) is 5.02 Å². The summed E-state index contributed by atoms with van der Waals surface area (Å²) in [5.74, 6) is 0. The fourth-order valence-electron chi connectivity index (χ4n) is 2.61. The molecule has 2 aromatic carbocycles. The number of hydrogen-bond acceptors (Lipinski definition) is 4. The van der Waals surface area contributed by atoms with Crippen LogP contribution in [-0.4, -0.2) is 26.6 Å². The number of carbonyl (C=O) groups is 1. The first-order valence-electron chi connectivity index (χ1n) is 7.24. The van der Waals surface area contributed by atoms with Crippen LogP contribution in [0.4, 0.5) is 4.79 Å². The molecule has 6 nitrogen and oxygen atoms in total. The van der Waals surface area contributed by atoms with Gasteiger partial charge >= 0.3 is 11.7 Å². The predicted octanol–water partition coefficient (Wildman–Crippen LogP) is 3.61. The van der Waals surface area contributed by atoms with Crippen LogP contribution in [-0.2, 0) is 0 Å². The number of rotatable bonds is 3. The Kier molecular flexibility index (Phi) is 4.98. The Balaban J connectivity index is 2.35. The van der Waals surface area contributed by atoms with Crippen LogP contribution in [0.1, 0.15) is 5.56 Å². The van der Waals surface area contributed by atoms with Crippen molar-refractivity contribution in [3.63, 3.8) is 0 Å². The topological polar surface area (TPSA) is 76.3 Å². The molecule has 0 saturated carbocycles. The van der Waals surface area contributed by atoms with E-state index in [2.05, 4.69) is 0 Å². The van der Waals surface area contributed by atoms with E-state index in [1.165, 1.54) is 21.8 Å². The molecule has 3 aromatic rings. The number of para-hydroxylation sites is 2. The maximum atomic E-state index is 12.9. The molecule has 8 heteroatoms. The maximum absolute atomic E-state index is 12.9. The fraction of sp³-hybridized carbons (Fsp3) is 0.0588. The van der Waals surface area contributed by atoms with Gasteiger partial charge in [0.15, 0.2) is 0 Å². The monoisotopic (exact) mass is 375 g/mol. The van der Waals surface area contributed by atoms with Crippen LogP contribution in [0.3, 0.4) is 0 Å². The molecule has 0 radical (unpaired) electrons. The van der Waals surface area contributed by atoms with Gasteiger partial charge in [-0.25, -0.2) is 19.6 Å². The number of amides is 1. The van der Waals surface area contributed by atoms with Gasteiger partial charge in [0.2, 0.25) is 0 Å². The van der Waals surface area contributed by atoms with Crippen molar-refractivity contribution >= 4 is 46.1 Å². The van der Waals surface area contributed by atoms with Crippen LogP contribution in [0.2, 0.25) is 5.02 Å². The van der Waals surface area contributed by atoms with Gasteiger partial charge < -0.3 is 0 Å². The molecule has 1 amide bonds. The van der Waals surface area contributed by atoms with Crippen LogP contribution in [0.5, 0.6) is 0 Å². The third-order valence-corrected chi connectivity index (χ3v) is 4.37. The number of hydroxylamine groups is 1. The first kappa shape index (κ1) is 17.3. The highest BCUT2D eigenvalue weighted by Crippen LogP contribution is 2.25. The van der Waals surface area contributed by atoms with Gasteiger partial charge in [0.05, 0.1) is 16.7 Å². The van der Waals surface area contributed by atoms with Crippen molar-refractivity contribution in [2.24, 2.45) is 0 Å². The molecule has 0 unspecified atom stereocenters. The van der Waals surface area contributed by atoms with E-state index < -0.39 is 11.7 Å². The number of nitrogens with zero attached hydrogens (tertiary/aromatic N) is 2. The van der Waals surface area contributed by atoms with Crippen LogP contribution in [0, 0.1) is 0 Å². The summed E-state index contributed by atoms with van der Waals surface area (Å²) in [5, 5.41) is 11.4. The number of thioether (sulfide) groups is 1. The lowest BCUT2D eigenvalue weighted by atomic mass is 10.1. The summed E-state index contributed by atoms with van der Waals surface area (Å²) in [5.41, 5.74) is 3.25. The van der Waals surface area contributed by atoms with Gasteiger partial charge in [-0.2, -0.15) is 0 Å². The lowest BCUT2D eigenvalue weighted by Crippen LogP contribution is -2.35.